The molecule has 24 heavy (non-hydrogen) atoms. The lowest BCUT2D eigenvalue weighted by molar-refractivity contribution is -0.117. The molecule has 0 spiro atoms. The van der Waals surface area contributed by atoms with E-state index in [1.54, 1.807) is 10.9 Å². The summed E-state index contributed by atoms with van der Waals surface area (Å²) in [5.74, 6) is 0.769. The highest BCUT2D eigenvalue weighted by molar-refractivity contribution is 5.91. The molecule has 1 unspecified atom stereocenters. The van der Waals surface area contributed by atoms with Crippen LogP contribution in [-0.4, -0.2) is 25.7 Å². The predicted octanol–water partition coefficient (Wildman–Crippen LogP) is 2.77. The van der Waals surface area contributed by atoms with E-state index in [0.29, 0.717) is 29.2 Å². The quantitative estimate of drug-likeness (QED) is 0.752. The van der Waals surface area contributed by atoms with E-state index in [1.807, 2.05) is 24.3 Å². The van der Waals surface area contributed by atoms with Crippen LogP contribution >= 0.6 is 0 Å². The van der Waals surface area contributed by atoms with Crippen molar-refractivity contribution in [1.29, 1.82) is 0 Å². The van der Waals surface area contributed by atoms with E-state index in [0.717, 1.165) is 17.8 Å². The van der Waals surface area contributed by atoms with Crippen LogP contribution in [0, 0.1) is 5.92 Å². The Hall–Kier alpha value is -2.96. The molecular weight excluding hydrogens is 304 g/mol. The highest BCUT2D eigenvalue weighted by Gasteiger charge is 2.11. The molecule has 0 bridgehead atoms. The van der Waals surface area contributed by atoms with Crippen LogP contribution in [-0.2, 0) is 4.79 Å². The first-order valence-electron chi connectivity index (χ1n) is 7.93. The molecule has 1 aromatic carbocycles. The maximum absolute atomic E-state index is 12.1. The van der Waals surface area contributed by atoms with Crippen LogP contribution in [0.3, 0.4) is 0 Å². The number of amides is 1. The van der Waals surface area contributed by atoms with Gasteiger partial charge >= 0.3 is 0 Å². The molecule has 2 heterocycles. The molecule has 0 aliphatic carbocycles. The van der Waals surface area contributed by atoms with Gasteiger partial charge in [0.1, 0.15) is 12.1 Å². The van der Waals surface area contributed by atoms with Crippen molar-refractivity contribution >= 4 is 28.4 Å². The number of benzene rings is 1. The molecule has 1 atom stereocenters. The summed E-state index contributed by atoms with van der Waals surface area (Å²) in [5, 5.41) is 7.96. The van der Waals surface area contributed by atoms with Crippen molar-refractivity contribution in [3.05, 3.63) is 36.8 Å². The number of nitrogen functional groups attached to an aromatic ring is 1. The predicted molar refractivity (Wildman–Crippen MR) is 93.8 cm³/mol. The van der Waals surface area contributed by atoms with Crippen molar-refractivity contribution in [2.45, 2.75) is 26.7 Å². The Morgan fingerprint density at radius 2 is 2.21 bits per heavy atom. The minimum atomic E-state index is 0.0124. The first-order chi connectivity index (χ1) is 11.6. The maximum atomic E-state index is 12.1. The highest BCUT2D eigenvalue weighted by Crippen LogP contribution is 2.21. The fourth-order valence-electron chi connectivity index (χ4n) is 2.44. The van der Waals surface area contributed by atoms with Crippen molar-refractivity contribution < 1.29 is 4.79 Å². The number of nitrogens with zero attached hydrogens (tertiary/aromatic N) is 4. The molecule has 3 aromatic rings. The van der Waals surface area contributed by atoms with Crippen LogP contribution in [0.4, 0.5) is 11.5 Å². The molecule has 7 nitrogen and oxygen atoms in total. The second kappa shape index (κ2) is 6.66. The largest absolute Gasteiger partial charge is 0.383 e. The van der Waals surface area contributed by atoms with Crippen LogP contribution < -0.4 is 11.1 Å². The number of fused-ring (bicyclic) bond motifs is 1. The number of carbonyl (C=O) groups is 1. The zero-order chi connectivity index (χ0) is 17.1. The number of nitrogens with two attached hydrogens (primary N) is 1. The smallest absolute Gasteiger partial charge is 0.224 e. The van der Waals surface area contributed by atoms with Crippen molar-refractivity contribution in [1.82, 2.24) is 19.7 Å². The summed E-state index contributed by atoms with van der Waals surface area (Å²) in [5.41, 5.74) is 8.00. The van der Waals surface area contributed by atoms with Crippen molar-refractivity contribution in [3.63, 3.8) is 0 Å². The molecule has 2 aromatic heterocycles. The van der Waals surface area contributed by atoms with Crippen LogP contribution in [0.1, 0.15) is 26.7 Å². The lowest BCUT2D eigenvalue weighted by atomic mass is 10.1. The van der Waals surface area contributed by atoms with Crippen molar-refractivity contribution in [2.24, 2.45) is 5.92 Å². The van der Waals surface area contributed by atoms with Gasteiger partial charge in [-0.2, -0.15) is 5.10 Å². The van der Waals surface area contributed by atoms with Crippen molar-refractivity contribution in [2.75, 3.05) is 11.1 Å². The third-order valence-electron chi connectivity index (χ3n) is 4.00. The molecule has 0 saturated carbocycles. The van der Waals surface area contributed by atoms with Crippen molar-refractivity contribution in [3.8, 4) is 5.69 Å². The van der Waals surface area contributed by atoms with Gasteiger partial charge in [-0.25, -0.2) is 14.6 Å². The van der Waals surface area contributed by atoms with E-state index in [1.165, 1.54) is 6.33 Å². The standard InChI is InChI=1S/C17H20N6O/c1-3-11(2)7-15(24)22-12-5-4-6-13(8-12)23-17-14(9-21-23)16(18)19-10-20-17/h4-6,8-11H,3,7H2,1-2H3,(H,22,24)(H2,18,19,20). The summed E-state index contributed by atoms with van der Waals surface area (Å²) in [6, 6.07) is 7.48. The number of rotatable bonds is 5. The van der Waals surface area contributed by atoms with Gasteiger partial charge in [-0.1, -0.05) is 26.3 Å². The topological polar surface area (TPSA) is 98.7 Å². The molecular formula is C17H20N6O. The first-order valence-corrected chi connectivity index (χ1v) is 7.93. The molecule has 0 aliphatic rings. The van der Waals surface area contributed by atoms with Gasteiger partial charge in [0.15, 0.2) is 5.65 Å². The first kappa shape index (κ1) is 15.9. The average Bonchev–Trinajstić information content (AvgIpc) is 3.00. The molecule has 0 saturated heterocycles. The normalized spacial score (nSPS) is 12.2. The van der Waals surface area contributed by atoms with Gasteiger partial charge in [-0.15, -0.1) is 0 Å². The van der Waals surface area contributed by atoms with E-state index in [9.17, 15) is 4.79 Å². The Morgan fingerprint density at radius 1 is 1.38 bits per heavy atom. The summed E-state index contributed by atoms with van der Waals surface area (Å²) in [7, 11) is 0. The fraction of sp³-hybridized carbons (Fsp3) is 0.294. The zero-order valence-electron chi connectivity index (χ0n) is 13.7. The lowest BCUT2D eigenvalue weighted by Gasteiger charge is -2.10. The average molecular weight is 324 g/mol. The van der Waals surface area contributed by atoms with E-state index in [2.05, 4.69) is 34.2 Å². The summed E-state index contributed by atoms with van der Waals surface area (Å²) >= 11 is 0. The van der Waals surface area contributed by atoms with E-state index < -0.39 is 0 Å². The fourth-order valence-corrected chi connectivity index (χ4v) is 2.44. The molecule has 124 valence electrons. The van der Waals surface area contributed by atoms with Gasteiger partial charge in [0.2, 0.25) is 5.91 Å². The van der Waals surface area contributed by atoms with Crippen LogP contribution in [0.25, 0.3) is 16.7 Å². The second-order valence-corrected chi connectivity index (χ2v) is 5.87. The molecule has 0 radical (unpaired) electrons. The summed E-state index contributed by atoms with van der Waals surface area (Å²) < 4.78 is 1.68. The third kappa shape index (κ3) is 3.19. The Balaban J connectivity index is 1.87. The van der Waals surface area contributed by atoms with E-state index in [-0.39, 0.29) is 5.91 Å². The maximum Gasteiger partial charge on any atom is 0.224 e. The van der Waals surface area contributed by atoms with Crippen LogP contribution in [0.2, 0.25) is 0 Å². The molecule has 0 aliphatic heterocycles. The van der Waals surface area contributed by atoms with Crippen LogP contribution in [0.5, 0.6) is 0 Å². The zero-order valence-corrected chi connectivity index (χ0v) is 13.7. The minimum absolute atomic E-state index is 0.0124. The highest BCUT2D eigenvalue weighted by atomic mass is 16.1. The lowest BCUT2D eigenvalue weighted by Crippen LogP contribution is -2.15. The molecule has 3 N–H and O–H groups in total. The molecule has 7 heteroatoms. The Morgan fingerprint density at radius 3 is 3.00 bits per heavy atom. The van der Waals surface area contributed by atoms with E-state index in [4.69, 9.17) is 5.73 Å². The molecule has 3 rings (SSSR count). The van der Waals surface area contributed by atoms with Gasteiger partial charge < -0.3 is 11.1 Å². The van der Waals surface area contributed by atoms with E-state index >= 15 is 0 Å². The monoisotopic (exact) mass is 324 g/mol. The SMILES string of the molecule is CCC(C)CC(=O)Nc1cccc(-n2ncc3c(N)ncnc32)c1. The number of aromatic nitrogens is 4. The van der Waals surface area contributed by atoms with Gasteiger partial charge in [0.25, 0.3) is 0 Å². The summed E-state index contributed by atoms with van der Waals surface area (Å²) in [6.07, 6.45) is 4.54. The summed E-state index contributed by atoms with van der Waals surface area (Å²) in [4.78, 5) is 20.3. The van der Waals surface area contributed by atoms with Crippen LogP contribution in [0.15, 0.2) is 36.8 Å². The Bertz CT molecular complexity index is 872. The third-order valence-corrected chi connectivity index (χ3v) is 4.00. The van der Waals surface area contributed by atoms with Gasteiger partial charge in [-0.05, 0) is 24.1 Å². The number of hydrogen-bond acceptors (Lipinski definition) is 5. The molecule has 1 amide bonds. The van der Waals surface area contributed by atoms with Gasteiger partial charge in [-0.3, -0.25) is 4.79 Å². The molecule has 0 fully saturated rings. The number of hydrogen-bond donors (Lipinski definition) is 2. The Labute approximate surface area is 139 Å². The Kier molecular flexibility index (Phi) is 4.41. The number of anilines is 2. The van der Waals surface area contributed by atoms with Gasteiger partial charge in [0, 0.05) is 12.1 Å². The summed E-state index contributed by atoms with van der Waals surface area (Å²) in [6.45, 7) is 4.14. The second-order valence-electron chi connectivity index (χ2n) is 5.87. The number of nitrogens with one attached hydrogen (secondary N) is 1. The van der Waals surface area contributed by atoms with Gasteiger partial charge in [0.05, 0.1) is 17.3 Å². The minimum Gasteiger partial charge on any atom is -0.383 e. The number of carbonyl (C=O) groups excluding carboxylic acids is 1.